The van der Waals surface area contributed by atoms with Crippen LogP contribution in [0.5, 0.6) is 0 Å². The molecule has 2 N–H and O–H groups in total. The van der Waals surface area contributed by atoms with Crippen molar-refractivity contribution in [2.45, 2.75) is 26.8 Å². The van der Waals surface area contributed by atoms with Gasteiger partial charge in [0.15, 0.2) is 0 Å². The number of nitrogens with one attached hydrogen (secondary N) is 2. The summed E-state index contributed by atoms with van der Waals surface area (Å²) in [5.74, 6) is -0.0448. The van der Waals surface area contributed by atoms with Crippen LogP contribution in [0, 0.1) is 13.8 Å². The minimum absolute atomic E-state index is 0.0152. The van der Waals surface area contributed by atoms with Crippen LogP contribution in [-0.2, 0) is 16.1 Å². The number of hydrogen-bond donors (Lipinski definition) is 2. The highest BCUT2D eigenvalue weighted by Gasteiger charge is 2.18. The Morgan fingerprint density at radius 3 is 2.95 bits per heavy atom. The quantitative estimate of drug-likeness (QED) is 0.689. The number of carbonyl (C=O) groups excluding carboxylic acids is 2. The average molecular weight is 293 g/mol. The summed E-state index contributed by atoms with van der Waals surface area (Å²) < 4.78 is 1.95. The van der Waals surface area contributed by atoms with Gasteiger partial charge in [-0.25, -0.2) is 0 Å². The van der Waals surface area contributed by atoms with E-state index in [1.165, 1.54) is 0 Å². The van der Waals surface area contributed by atoms with Gasteiger partial charge in [-0.2, -0.15) is 5.10 Å². The number of rotatable bonds is 6. The Kier molecular flexibility index (Phi) is 5.32. The van der Waals surface area contributed by atoms with E-state index < -0.39 is 0 Å². The van der Waals surface area contributed by atoms with E-state index in [0.717, 1.165) is 30.9 Å². The Morgan fingerprint density at radius 1 is 1.48 bits per heavy atom. The number of aromatic nitrogens is 2. The lowest BCUT2D eigenvalue weighted by Crippen LogP contribution is -2.50. The first-order chi connectivity index (χ1) is 10.0. The molecular formula is C14H23N5O2. The van der Waals surface area contributed by atoms with E-state index in [1.54, 1.807) is 0 Å². The minimum Gasteiger partial charge on any atom is -0.355 e. The van der Waals surface area contributed by atoms with E-state index in [1.807, 2.05) is 29.5 Å². The second kappa shape index (κ2) is 7.21. The number of aryl methyl sites for hydroxylation is 3. The summed E-state index contributed by atoms with van der Waals surface area (Å²) in [5, 5.41) is 10.0. The molecule has 7 nitrogen and oxygen atoms in total. The average Bonchev–Trinajstić information content (AvgIpc) is 2.73. The molecule has 0 spiro atoms. The van der Waals surface area contributed by atoms with E-state index >= 15 is 0 Å². The van der Waals surface area contributed by atoms with Crippen LogP contribution >= 0.6 is 0 Å². The molecule has 0 aliphatic carbocycles. The van der Waals surface area contributed by atoms with Crippen molar-refractivity contribution in [2.75, 3.05) is 32.7 Å². The van der Waals surface area contributed by atoms with Crippen molar-refractivity contribution in [3.8, 4) is 0 Å². The van der Waals surface area contributed by atoms with Crippen LogP contribution in [0.25, 0.3) is 0 Å². The second-order valence-electron chi connectivity index (χ2n) is 5.41. The van der Waals surface area contributed by atoms with Crippen molar-refractivity contribution in [1.82, 2.24) is 25.3 Å². The first kappa shape index (κ1) is 15.5. The molecule has 21 heavy (non-hydrogen) atoms. The first-order valence-electron chi connectivity index (χ1n) is 7.31. The summed E-state index contributed by atoms with van der Waals surface area (Å²) in [5.41, 5.74) is 2.15. The summed E-state index contributed by atoms with van der Waals surface area (Å²) >= 11 is 0. The number of carbonyl (C=O) groups is 2. The van der Waals surface area contributed by atoms with Gasteiger partial charge in [0.1, 0.15) is 0 Å². The molecule has 1 aromatic rings. The third kappa shape index (κ3) is 4.86. The summed E-state index contributed by atoms with van der Waals surface area (Å²) in [6.45, 7) is 7.35. The molecular weight excluding hydrogens is 270 g/mol. The van der Waals surface area contributed by atoms with Crippen LogP contribution in [-0.4, -0.2) is 59.2 Å². The molecule has 1 fully saturated rings. The van der Waals surface area contributed by atoms with Gasteiger partial charge in [-0.05, 0) is 26.3 Å². The maximum Gasteiger partial charge on any atom is 0.234 e. The monoisotopic (exact) mass is 293 g/mol. The predicted molar refractivity (Wildman–Crippen MR) is 78.8 cm³/mol. The van der Waals surface area contributed by atoms with Gasteiger partial charge >= 0.3 is 0 Å². The molecule has 2 rings (SSSR count). The van der Waals surface area contributed by atoms with Gasteiger partial charge in [-0.15, -0.1) is 0 Å². The molecule has 0 saturated carbocycles. The summed E-state index contributed by atoms with van der Waals surface area (Å²) in [6, 6.07) is 2.04. The van der Waals surface area contributed by atoms with Gasteiger partial charge in [-0.1, -0.05) is 0 Å². The highest BCUT2D eigenvalue weighted by Crippen LogP contribution is 2.02. The minimum atomic E-state index is -0.0296. The summed E-state index contributed by atoms with van der Waals surface area (Å²) in [6.07, 6.45) is 0.841. The number of amides is 2. The molecule has 0 bridgehead atoms. The Hall–Kier alpha value is -1.89. The maximum absolute atomic E-state index is 11.8. The van der Waals surface area contributed by atoms with Crippen LogP contribution < -0.4 is 10.6 Å². The number of piperazine rings is 1. The zero-order chi connectivity index (χ0) is 15.2. The van der Waals surface area contributed by atoms with Crippen molar-refractivity contribution in [2.24, 2.45) is 0 Å². The van der Waals surface area contributed by atoms with Crippen LogP contribution in [0.3, 0.4) is 0 Å². The van der Waals surface area contributed by atoms with E-state index in [4.69, 9.17) is 0 Å². The Bertz CT molecular complexity index is 511. The lowest BCUT2D eigenvalue weighted by molar-refractivity contribution is -0.126. The van der Waals surface area contributed by atoms with E-state index in [2.05, 4.69) is 15.7 Å². The SMILES string of the molecule is Cc1cc(C)n(CCCNC(=O)CN2CCNC(=O)C2)n1. The molecule has 1 aliphatic rings. The molecule has 1 saturated heterocycles. The molecule has 0 radical (unpaired) electrons. The van der Waals surface area contributed by atoms with Gasteiger partial charge in [0.25, 0.3) is 0 Å². The predicted octanol–water partition coefficient (Wildman–Crippen LogP) is -0.562. The summed E-state index contributed by atoms with van der Waals surface area (Å²) in [4.78, 5) is 24.9. The van der Waals surface area contributed by atoms with Crippen molar-refractivity contribution in [3.05, 3.63) is 17.5 Å². The van der Waals surface area contributed by atoms with Gasteiger partial charge in [0.05, 0.1) is 18.8 Å². The van der Waals surface area contributed by atoms with Gasteiger partial charge < -0.3 is 10.6 Å². The number of nitrogens with zero attached hydrogens (tertiary/aromatic N) is 3. The van der Waals surface area contributed by atoms with Crippen LogP contribution in [0.2, 0.25) is 0 Å². The summed E-state index contributed by atoms with van der Waals surface area (Å²) in [7, 11) is 0. The van der Waals surface area contributed by atoms with Crippen molar-refractivity contribution in [1.29, 1.82) is 0 Å². The van der Waals surface area contributed by atoms with E-state index in [-0.39, 0.29) is 18.4 Å². The zero-order valence-electron chi connectivity index (χ0n) is 12.7. The maximum atomic E-state index is 11.8. The zero-order valence-corrected chi connectivity index (χ0v) is 12.7. The first-order valence-corrected chi connectivity index (χ1v) is 7.31. The third-order valence-electron chi connectivity index (χ3n) is 3.46. The van der Waals surface area contributed by atoms with Crippen molar-refractivity contribution in [3.63, 3.8) is 0 Å². The molecule has 2 heterocycles. The highest BCUT2D eigenvalue weighted by atomic mass is 16.2. The fourth-order valence-electron chi connectivity index (χ4n) is 2.44. The van der Waals surface area contributed by atoms with Gasteiger partial charge in [-0.3, -0.25) is 19.2 Å². The molecule has 116 valence electrons. The van der Waals surface area contributed by atoms with Crippen LogP contribution in [0.4, 0.5) is 0 Å². The normalized spacial score (nSPS) is 15.8. The molecule has 0 atom stereocenters. The van der Waals surface area contributed by atoms with E-state index in [9.17, 15) is 9.59 Å². The largest absolute Gasteiger partial charge is 0.355 e. The molecule has 0 aromatic carbocycles. The fraction of sp³-hybridized carbons (Fsp3) is 0.643. The Balaban J connectivity index is 1.63. The smallest absolute Gasteiger partial charge is 0.234 e. The van der Waals surface area contributed by atoms with Crippen LogP contribution in [0.15, 0.2) is 6.07 Å². The molecule has 0 unspecified atom stereocenters. The topological polar surface area (TPSA) is 79.3 Å². The van der Waals surface area contributed by atoms with Gasteiger partial charge in [0, 0.05) is 31.9 Å². The Morgan fingerprint density at radius 2 is 2.29 bits per heavy atom. The fourth-order valence-corrected chi connectivity index (χ4v) is 2.44. The van der Waals surface area contributed by atoms with E-state index in [0.29, 0.717) is 19.6 Å². The van der Waals surface area contributed by atoms with Crippen LogP contribution in [0.1, 0.15) is 17.8 Å². The van der Waals surface area contributed by atoms with Crippen molar-refractivity contribution < 1.29 is 9.59 Å². The molecule has 2 amide bonds. The lowest BCUT2D eigenvalue weighted by atomic mass is 10.3. The second-order valence-corrected chi connectivity index (χ2v) is 5.41. The molecule has 1 aliphatic heterocycles. The third-order valence-corrected chi connectivity index (χ3v) is 3.46. The molecule has 1 aromatic heterocycles. The Labute approximate surface area is 124 Å². The lowest BCUT2D eigenvalue weighted by Gasteiger charge is -2.25. The highest BCUT2D eigenvalue weighted by molar-refractivity contribution is 5.81. The molecule has 7 heteroatoms. The van der Waals surface area contributed by atoms with Crippen molar-refractivity contribution >= 4 is 11.8 Å². The van der Waals surface area contributed by atoms with Gasteiger partial charge in [0.2, 0.25) is 11.8 Å². The standard InChI is InChI=1S/C14H23N5O2/c1-11-8-12(2)19(17-11)6-3-4-15-13(20)9-18-7-5-16-14(21)10-18/h8H,3-7,9-10H2,1-2H3,(H,15,20)(H,16,21). The number of hydrogen-bond acceptors (Lipinski definition) is 4.